The van der Waals surface area contributed by atoms with Crippen molar-refractivity contribution in [3.8, 4) is 0 Å². The van der Waals surface area contributed by atoms with Gasteiger partial charge in [0.15, 0.2) is 0 Å². The number of hydrogen-bond acceptors (Lipinski definition) is 4. The first kappa shape index (κ1) is 19.1. The number of anilines is 1. The summed E-state index contributed by atoms with van der Waals surface area (Å²) in [5.74, 6) is -0.0589. The zero-order chi connectivity index (χ0) is 20.9. The highest BCUT2D eigenvalue weighted by Gasteiger charge is 2.59. The number of aryl methyl sites for hydroxylation is 1. The van der Waals surface area contributed by atoms with Crippen LogP contribution in [0.5, 0.6) is 0 Å². The molecule has 5 rings (SSSR count). The number of rotatable bonds is 6. The van der Waals surface area contributed by atoms with E-state index in [-0.39, 0.29) is 17.3 Å². The highest BCUT2D eigenvalue weighted by molar-refractivity contribution is 6.31. The molecule has 0 bridgehead atoms. The predicted octanol–water partition coefficient (Wildman–Crippen LogP) is 4.22. The lowest BCUT2D eigenvalue weighted by Crippen LogP contribution is -2.32. The van der Waals surface area contributed by atoms with Crippen LogP contribution in [-0.2, 0) is 32.8 Å². The van der Waals surface area contributed by atoms with Gasteiger partial charge in [0.1, 0.15) is 0 Å². The van der Waals surface area contributed by atoms with Crippen molar-refractivity contribution < 1.29 is 14.3 Å². The van der Waals surface area contributed by atoms with E-state index in [1.54, 1.807) is 12.4 Å². The van der Waals surface area contributed by atoms with Gasteiger partial charge >= 0.3 is 5.97 Å². The van der Waals surface area contributed by atoms with Crippen molar-refractivity contribution >= 4 is 40.1 Å². The van der Waals surface area contributed by atoms with Crippen LogP contribution in [0.4, 0.5) is 5.69 Å². The monoisotopic (exact) mass is 423 g/mol. The van der Waals surface area contributed by atoms with Gasteiger partial charge in [0.05, 0.1) is 31.0 Å². The van der Waals surface area contributed by atoms with E-state index in [1.165, 1.54) is 7.11 Å². The van der Waals surface area contributed by atoms with Crippen molar-refractivity contribution in [1.82, 2.24) is 9.55 Å². The molecule has 1 spiro atoms. The third-order valence-electron chi connectivity index (χ3n) is 6.27. The van der Waals surface area contributed by atoms with Crippen molar-refractivity contribution in [2.75, 3.05) is 12.0 Å². The van der Waals surface area contributed by atoms with Crippen LogP contribution in [0.2, 0.25) is 5.02 Å². The Bertz CT molecular complexity index is 1170. The van der Waals surface area contributed by atoms with E-state index < -0.39 is 0 Å². The van der Waals surface area contributed by atoms with Crippen molar-refractivity contribution in [3.05, 3.63) is 59.0 Å². The molecule has 3 aromatic rings. The fourth-order valence-electron chi connectivity index (χ4n) is 4.59. The van der Waals surface area contributed by atoms with Crippen LogP contribution in [0.15, 0.2) is 42.7 Å². The second kappa shape index (κ2) is 7.13. The lowest BCUT2D eigenvalue weighted by Gasteiger charge is -2.19. The predicted molar refractivity (Wildman–Crippen MR) is 115 cm³/mol. The highest BCUT2D eigenvalue weighted by Crippen LogP contribution is 2.57. The van der Waals surface area contributed by atoms with Gasteiger partial charge < -0.3 is 14.2 Å². The Morgan fingerprint density at radius 1 is 1.27 bits per heavy atom. The van der Waals surface area contributed by atoms with Crippen LogP contribution in [0, 0.1) is 0 Å². The van der Waals surface area contributed by atoms with Gasteiger partial charge in [-0.05, 0) is 55.2 Å². The molecule has 1 aromatic carbocycles. The first-order valence-electron chi connectivity index (χ1n) is 10.1. The Kier molecular flexibility index (Phi) is 4.54. The molecule has 3 heterocycles. The van der Waals surface area contributed by atoms with Gasteiger partial charge in [0, 0.05) is 40.8 Å². The molecule has 1 amide bonds. The Morgan fingerprint density at radius 3 is 2.87 bits per heavy atom. The number of pyridine rings is 1. The summed E-state index contributed by atoms with van der Waals surface area (Å²) in [5, 5.41) is 1.69. The van der Waals surface area contributed by atoms with Crippen molar-refractivity contribution in [3.63, 3.8) is 0 Å². The third-order valence-corrected chi connectivity index (χ3v) is 6.51. The fraction of sp³-hybridized carbons (Fsp3) is 0.348. The quantitative estimate of drug-likeness (QED) is 0.557. The van der Waals surface area contributed by atoms with Crippen LogP contribution >= 0.6 is 11.6 Å². The number of ether oxygens (including phenoxy) is 1. The molecule has 2 aliphatic rings. The number of esters is 1. The molecule has 7 heteroatoms. The normalized spacial score (nSPS) is 16.3. The lowest BCUT2D eigenvalue weighted by molar-refractivity contribution is -0.140. The van der Waals surface area contributed by atoms with Gasteiger partial charge in [-0.25, -0.2) is 0 Å². The number of benzene rings is 1. The third kappa shape index (κ3) is 2.98. The molecule has 154 valence electrons. The molecule has 6 nitrogen and oxygen atoms in total. The summed E-state index contributed by atoms with van der Waals surface area (Å²) >= 11 is 6.21. The molecule has 0 unspecified atom stereocenters. The summed E-state index contributed by atoms with van der Waals surface area (Å²) in [6.07, 6.45) is 6.36. The number of methoxy groups -OCH3 is 1. The molecule has 1 saturated carbocycles. The lowest BCUT2D eigenvalue weighted by atomic mass is 9.99. The SMILES string of the molecule is COC(=O)CCCn1c(CN2C(=O)C3(CC3)c3ccncc32)cc2cc(Cl)ccc21. The van der Waals surface area contributed by atoms with Gasteiger partial charge in [0.25, 0.3) is 0 Å². The van der Waals surface area contributed by atoms with Gasteiger partial charge in [-0.2, -0.15) is 0 Å². The topological polar surface area (TPSA) is 64.4 Å². The van der Waals surface area contributed by atoms with Crippen LogP contribution in [0.25, 0.3) is 10.9 Å². The largest absolute Gasteiger partial charge is 0.469 e. The van der Waals surface area contributed by atoms with Crippen molar-refractivity contribution in [1.29, 1.82) is 0 Å². The van der Waals surface area contributed by atoms with Crippen molar-refractivity contribution in [2.45, 2.75) is 44.2 Å². The van der Waals surface area contributed by atoms with Gasteiger partial charge in [-0.1, -0.05) is 11.6 Å². The van der Waals surface area contributed by atoms with Crippen LogP contribution in [0.1, 0.15) is 36.9 Å². The molecule has 1 aliphatic heterocycles. The zero-order valence-electron chi connectivity index (χ0n) is 16.7. The number of aromatic nitrogens is 2. The highest BCUT2D eigenvalue weighted by atomic mass is 35.5. The van der Waals surface area contributed by atoms with E-state index in [0.717, 1.165) is 40.7 Å². The molecular weight excluding hydrogens is 402 g/mol. The molecule has 2 aromatic heterocycles. The van der Waals surface area contributed by atoms with E-state index in [1.807, 2.05) is 29.2 Å². The second-order valence-electron chi connectivity index (χ2n) is 8.04. The van der Waals surface area contributed by atoms with Gasteiger partial charge in [-0.3, -0.25) is 14.6 Å². The Balaban J connectivity index is 1.50. The number of hydrogen-bond donors (Lipinski definition) is 0. The molecule has 1 aliphatic carbocycles. The standard InChI is InChI=1S/C23H22ClN3O3/c1-30-21(28)3-2-10-26-17(12-15-11-16(24)4-5-19(15)26)14-27-20-13-25-9-6-18(20)23(7-8-23)22(27)29/h4-6,9,11-13H,2-3,7-8,10,14H2,1H3. The number of fused-ring (bicyclic) bond motifs is 3. The minimum Gasteiger partial charge on any atom is -0.469 e. The maximum atomic E-state index is 13.3. The summed E-state index contributed by atoms with van der Waals surface area (Å²) in [7, 11) is 1.40. The number of halogens is 1. The summed E-state index contributed by atoms with van der Waals surface area (Å²) in [5.41, 5.74) is 3.71. The number of carbonyl (C=O) groups is 2. The molecule has 0 N–H and O–H groups in total. The fourth-order valence-corrected chi connectivity index (χ4v) is 4.77. The Labute approximate surface area is 179 Å². The van der Waals surface area contributed by atoms with E-state index in [4.69, 9.17) is 16.3 Å². The number of carbonyl (C=O) groups excluding carboxylic acids is 2. The summed E-state index contributed by atoms with van der Waals surface area (Å²) in [6.45, 7) is 1.12. The average Bonchev–Trinajstić information content (AvgIpc) is 3.44. The van der Waals surface area contributed by atoms with Gasteiger partial charge in [0.2, 0.25) is 5.91 Å². The molecule has 0 radical (unpaired) electrons. The Hall–Kier alpha value is -2.86. The van der Waals surface area contributed by atoms with Crippen LogP contribution < -0.4 is 4.90 Å². The number of amides is 1. The maximum Gasteiger partial charge on any atom is 0.305 e. The summed E-state index contributed by atoms with van der Waals surface area (Å²) in [4.78, 5) is 31.0. The first-order valence-corrected chi connectivity index (χ1v) is 10.5. The average molecular weight is 424 g/mol. The molecule has 0 atom stereocenters. The maximum absolute atomic E-state index is 13.3. The minimum atomic E-state index is -0.344. The van der Waals surface area contributed by atoms with E-state index in [0.29, 0.717) is 31.0 Å². The molecule has 1 fully saturated rings. The van der Waals surface area contributed by atoms with Crippen molar-refractivity contribution in [2.24, 2.45) is 0 Å². The molecular formula is C23H22ClN3O3. The van der Waals surface area contributed by atoms with E-state index >= 15 is 0 Å². The smallest absolute Gasteiger partial charge is 0.305 e. The number of nitrogens with zero attached hydrogens (tertiary/aromatic N) is 3. The summed E-state index contributed by atoms with van der Waals surface area (Å²) < 4.78 is 6.94. The first-order chi connectivity index (χ1) is 14.5. The zero-order valence-corrected chi connectivity index (χ0v) is 17.5. The summed E-state index contributed by atoms with van der Waals surface area (Å²) in [6, 6.07) is 9.85. The van der Waals surface area contributed by atoms with E-state index in [2.05, 4.69) is 15.6 Å². The minimum absolute atomic E-state index is 0.162. The Morgan fingerprint density at radius 2 is 2.10 bits per heavy atom. The van der Waals surface area contributed by atoms with Gasteiger partial charge in [-0.15, -0.1) is 0 Å². The molecule has 30 heavy (non-hydrogen) atoms. The second-order valence-corrected chi connectivity index (χ2v) is 8.47. The molecule has 0 saturated heterocycles. The van der Waals surface area contributed by atoms with Crippen LogP contribution in [-0.4, -0.2) is 28.5 Å². The van der Waals surface area contributed by atoms with Crippen LogP contribution in [0.3, 0.4) is 0 Å². The van der Waals surface area contributed by atoms with E-state index in [9.17, 15) is 9.59 Å².